The lowest BCUT2D eigenvalue weighted by atomic mass is 9.73. The van der Waals surface area contributed by atoms with E-state index in [0.717, 1.165) is 5.56 Å². The molecule has 54 heavy (non-hydrogen) atoms. The number of nitrogens with zero attached hydrogens (tertiary/aromatic N) is 1. The summed E-state index contributed by atoms with van der Waals surface area (Å²) in [5.74, 6) is -5.93. The normalized spacial score (nSPS) is 38.1. The number of ketones is 2. The molecule has 1 amide bonds. The number of Topliss-reactive ketones (excluding diaryl/α,β-unsaturated/α-hetero) is 2. The number of aliphatic hydroxyl groups is 1. The molecule has 0 aromatic heterocycles. The first kappa shape index (κ1) is 43.1. The minimum Gasteiger partial charge on any atom is -0.458 e. The average molecular weight is 761 g/mol. The summed E-state index contributed by atoms with van der Waals surface area (Å²) in [7, 11) is 3.65. The van der Waals surface area contributed by atoms with Crippen LogP contribution in [0.2, 0.25) is 0 Å². The van der Waals surface area contributed by atoms with E-state index >= 15 is 0 Å². The first-order valence-electron chi connectivity index (χ1n) is 19.1. The van der Waals surface area contributed by atoms with Gasteiger partial charge in [0.2, 0.25) is 0 Å². The van der Waals surface area contributed by atoms with Gasteiger partial charge < -0.3 is 43.7 Å². The van der Waals surface area contributed by atoms with Gasteiger partial charge in [0.15, 0.2) is 17.7 Å². The Labute approximate surface area is 318 Å². The maximum Gasteiger partial charge on any atom is 0.508 e. The zero-order valence-corrected chi connectivity index (χ0v) is 33.4. The quantitative estimate of drug-likeness (QED) is 0.155. The molecule has 0 unspecified atom stereocenters. The zero-order valence-electron chi connectivity index (χ0n) is 33.4. The van der Waals surface area contributed by atoms with E-state index in [1.807, 2.05) is 56.3 Å². The molecule has 14 nitrogen and oxygen atoms in total. The minimum atomic E-state index is -1.75. The Morgan fingerprint density at radius 3 is 2.30 bits per heavy atom. The zero-order chi connectivity index (χ0) is 40.1. The predicted octanol–water partition coefficient (Wildman–Crippen LogP) is 4.62. The predicted molar refractivity (Wildman–Crippen MR) is 196 cm³/mol. The summed E-state index contributed by atoms with van der Waals surface area (Å²) in [6.45, 7) is 13.1. The van der Waals surface area contributed by atoms with Crippen LogP contribution in [-0.2, 0) is 49.2 Å². The fourth-order valence-corrected chi connectivity index (χ4v) is 8.38. The first-order chi connectivity index (χ1) is 25.3. The van der Waals surface area contributed by atoms with E-state index in [-0.39, 0.29) is 37.4 Å². The second-order valence-electron chi connectivity index (χ2n) is 16.0. The van der Waals surface area contributed by atoms with Crippen molar-refractivity contribution in [2.24, 2.45) is 23.7 Å². The summed E-state index contributed by atoms with van der Waals surface area (Å²) in [5.41, 5.74) is -2.11. The number of aryl methyl sites for hydroxylation is 1. The SMILES string of the molecule is CC[C@H]1OC(=O)[C@H](C)C(=O)[C@H](C)[C@@H](O[C@@H]2O[C@H](C)C[C@H](N(C)C)[C@H]2O)[C@](C)(OC(=O)OCCCc2ccccc2)C[C@@H](C)C(=O)[C@H](C)[C@H]2NC(=O)O[C@@]21C. The number of alkyl carbamates (subject to hydrolysis) is 1. The maximum atomic E-state index is 14.3. The van der Waals surface area contributed by atoms with Crippen LogP contribution in [0.25, 0.3) is 0 Å². The molecule has 0 saturated carbocycles. The van der Waals surface area contributed by atoms with E-state index in [9.17, 15) is 29.1 Å². The number of rotatable bonds is 9. The number of carbonyl (C=O) groups excluding carboxylic acids is 5. The van der Waals surface area contributed by atoms with Crippen LogP contribution in [0.3, 0.4) is 0 Å². The Morgan fingerprint density at radius 2 is 1.67 bits per heavy atom. The van der Waals surface area contributed by atoms with E-state index in [0.29, 0.717) is 19.3 Å². The van der Waals surface area contributed by atoms with Gasteiger partial charge in [0, 0.05) is 23.8 Å². The fraction of sp³-hybridized carbons (Fsp3) is 0.725. The lowest BCUT2D eigenvalue weighted by molar-refractivity contribution is -0.293. The van der Waals surface area contributed by atoms with Crippen LogP contribution in [0.5, 0.6) is 0 Å². The molecular formula is C40H60N2O12. The number of esters is 1. The third kappa shape index (κ3) is 9.61. The highest BCUT2D eigenvalue weighted by Crippen LogP contribution is 2.40. The number of aliphatic hydroxyl groups excluding tert-OH is 1. The van der Waals surface area contributed by atoms with Crippen LogP contribution >= 0.6 is 0 Å². The summed E-state index contributed by atoms with van der Waals surface area (Å²) in [5, 5.41) is 14.2. The molecule has 302 valence electrons. The molecule has 1 aromatic rings. The van der Waals surface area contributed by atoms with Crippen LogP contribution in [0, 0.1) is 23.7 Å². The van der Waals surface area contributed by atoms with Gasteiger partial charge in [-0.1, -0.05) is 58.0 Å². The van der Waals surface area contributed by atoms with E-state index in [2.05, 4.69) is 5.32 Å². The maximum absolute atomic E-state index is 14.3. The Balaban J connectivity index is 1.75. The Bertz CT molecular complexity index is 1490. The molecule has 3 aliphatic rings. The number of benzene rings is 1. The highest BCUT2D eigenvalue weighted by molar-refractivity contribution is 6.00. The van der Waals surface area contributed by atoms with Crippen molar-refractivity contribution in [3.05, 3.63) is 35.9 Å². The van der Waals surface area contributed by atoms with Gasteiger partial charge in [-0.05, 0) is 79.5 Å². The van der Waals surface area contributed by atoms with Gasteiger partial charge in [0.25, 0.3) is 0 Å². The molecule has 1 aromatic carbocycles. The van der Waals surface area contributed by atoms with Crippen LogP contribution < -0.4 is 5.32 Å². The molecule has 0 bridgehead atoms. The van der Waals surface area contributed by atoms with Crippen LogP contribution in [0.15, 0.2) is 30.3 Å². The fourth-order valence-electron chi connectivity index (χ4n) is 8.38. The molecule has 3 heterocycles. The molecule has 0 spiro atoms. The third-order valence-corrected chi connectivity index (χ3v) is 11.4. The van der Waals surface area contributed by atoms with E-state index < -0.39 is 89.5 Å². The average Bonchev–Trinajstić information content (AvgIpc) is 3.44. The number of likely N-dealkylation sites (N-methyl/N-ethyl adjacent to an activating group) is 1. The van der Waals surface area contributed by atoms with Crippen molar-refractivity contribution in [3.8, 4) is 0 Å². The van der Waals surface area contributed by atoms with E-state index in [1.165, 1.54) is 6.92 Å². The van der Waals surface area contributed by atoms with Crippen molar-refractivity contribution >= 4 is 29.8 Å². The third-order valence-electron chi connectivity index (χ3n) is 11.4. The highest BCUT2D eigenvalue weighted by atomic mass is 16.8. The molecule has 3 fully saturated rings. The van der Waals surface area contributed by atoms with Crippen LogP contribution in [-0.4, -0.2) is 114 Å². The summed E-state index contributed by atoms with van der Waals surface area (Å²) >= 11 is 0. The topological polar surface area (TPSA) is 176 Å². The number of amides is 1. The van der Waals surface area contributed by atoms with Crippen molar-refractivity contribution < 1.29 is 57.5 Å². The van der Waals surface area contributed by atoms with Crippen molar-refractivity contribution in [2.75, 3.05) is 20.7 Å². The molecule has 2 N–H and O–H groups in total. The number of nitrogens with one attached hydrogen (secondary N) is 1. The molecule has 3 saturated heterocycles. The lowest BCUT2D eigenvalue weighted by Gasteiger charge is -2.46. The Hall–Kier alpha value is -3.59. The van der Waals surface area contributed by atoms with Gasteiger partial charge in [0.1, 0.15) is 35.6 Å². The first-order valence-corrected chi connectivity index (χ1v) is 19.1. The van der Waals surface area contributed by atoms with E-state index in [1.54, 1.807) is 41.5 Å². The Kier molecular flexibility index (Phi) is 14.3. The van der Waals surface area contributed by atoms with Crippen molar-refractivity contribution in [1.82, 2.24) is 10.2 Å². The molecule has 13 atom stereocenters. The van der Waals surface area contributed by atoms with Crippen LogP contribution in [0.4, 0.5) is 9.59 Å². The molecule has 3 aliphatic heterocycles. The van der Waals surface area contributed by atoms with Gasteiger partial charge in [-0.3, -0.25) is 14.4 Å². The smallest absolute Gasteiger partial charge is 0.458 e. The van der Waals surface area contributed by atoms with E-state index in [4.69, 9.17) is 28.4 Å². The number of hydrogen-bond donors (Lipinski definition) is 2. The highest BCUT2D eigenvalue weighted by Gasteiger charge is 2.57. The summed E-state index contributed by atoms with van der Waals surface area (Å²) in [6, 6.07) is 8.46. The minimum absolute atomic E-state index is 0.0310. The van der Waals surface area contributed by atoms with Gasteiger partial charge >= 0.3 is 18.2 Å². The molecule has 14 heteroatoms. The number of carbonyl (C=O) groups is 5. The second kappa shape index (κ2) is 17.9. The molecule has 0 aliphatic carbocycles. The second-order valence-corrected chi connectivity index (χ2v) is 16.0. The number of fused-ring (bicyclic) bond motifs is 1. The van der Waals surface area contributed by atoms with Gasteiger partial charge in [-0.25, -0.2) is 9.59 Å². The Morgan fingerprint density at radius 1 is 1.00 bits per heavy atom. The monoisotopic (exact) mass is 760 g/mol. The molecule has 0 radical (unpaired) electrons. The molecular weight excluding hydrogens is 700 g/mol. The largest absolute Gasteiger partial charge is 0.508 e. The van der Waals surface area contributed by atoms with Crippen molar-refractivity contribution in [3.63, 3.8) is 0 Å². The number of hydrogen-bond acceptors (Lipinski definition) is 13. The van der Waals surface area contributed by atoms with Gasteiger partial charge in [-0.15, -0.1) is 0 Å². The number of ether oxygens (including phenoxy) is 6. The summed E-state index contributed by atoms with van der Waals surface area (Å²) in [4.78, 5) is 70.5. The standard InChI is InChI=1S/C40H60N2O12/c1-11-29-40(8)33(41-37(47)53-40)24(4)30(43)22(2)21-39(7,54-38(48)49-19-15-18-27-16-13-12-14-17-27)34(25(5)31(44)26(6)35(46)51-29)52-36-32(45)28(42(9)10)20-23(3)50-36/h12-14,16-17,22-26,28-29,32-34,36,45H,11,15,18-21H2,1-10H3,(H,41,47)/t22-,23-,24+,25+,26-,28+,29-,32-,33-,34-,36+,39-,40-/m1/s1. The number of cyclic esters (lactones) is 1. The van der Waals surface area contributed by atoms with Crippen LogP contribution in [0.1, 0.15) is 86.6 Å². The van der Waals surface area contributed by atoms with Gasteiger partial charge in [0.05, 0.1) is 18.8 Å². The molecule has 4 rings (SSSR count). The summed E-state index contributed by atoms with van der Waals surface area (Å²) in [6.07, 6.45) is -5.19. The van der Waals surface area contributed by atoms with Gasteiger partial charge in [-0.2, -0.15) is 0 Å². The lowest BCUT2D eigenvalue weighted by Crippen LogP contribution is -2.60. The van der Waals surface area contributed by atoms with Crippen molar-refractivity contribution in [2.45, 2.75) is 141 Å². The summed E-state index contributed by atoms with van der Waals surface area (Å²) < 4.78 is 36.0. The van der Waals surface area contributed by atoms with Crippen molar-refractivity contribution in [1.29, 1.82) is 0 Å².